The monoisotopic (exact) mass is 449 g/mol. The number of carbonyl (C=O) groups is 2. The molecule has 0 aliphatic heterocycles. The number of hydrogen-bond acceptors (Lipinski definition) is 6. The Kier molecular flexibility index (Phi) is 5.35. The topological polar surface area (TPSA) is 111 Å². The minimum Gasteiger partial charge on any atom is -0.325 e. The quantitative estimate of drug-likeness (QED) is 0.380. The van der Waals surface area contributed by atoms with E-state index in [0.717, 1.165) is 12.0 Å². The van der Waals surface area contributed by atoms with Gasteiger partial charge in [-0.05, 0) is 43.4 Å². The molecule has 0 spiro atoms. The lowest BCUT2D eigenvalue weighted by Crippen LogP contribution is -2.43. The summed E-state index contributed by atoms with van der Waals surface area (Å²) in [4.78, 5) is 41.9. The molecule has 2 aromatic carbocycles. The zero-order valence-corrected chi connectivity index (χ0v) is 19.2. The molecule has 2 aromatic rings. The molecule has 1 amide bonds. The Morgan fingerprint density at radius 1 is 1.09 bits per heavy atom. The van der Waals surface area contributed by atoms with Gasteiger partial charge in [0.2, 0.25) is 5.91 Å². The number of amides is 1. The van der Waals surface area contributed by atoms with Crippen LogP contribution in [-0.2, 0) is 9.63 Å². The number of nitrogens with zero attached hydrogens (tertiary/aromatic N) is 2. The van der Waals surface area contributed by atoms with Crippen LogP contribution in [0, 0.1) is 33.3 Å². The van der Waals surface area contributed by atoms with E-state index in [0.29, 0.717) is 29.8 Å². The van der Waals surface area contributed by atoms with Crippen LogP contribution in [0.3, 0.4) is 0 Å². The van der Waals surface area contributed by atoms with Crippen LogP contribution in [0.4, 0.5) is 11.4 Å². The molecular weight excluding hydrogens is 422 g/mol. The van der Waals surface area contributed by atoms with Crippen LogP contribution < -0.4 is 5.32 Å². The SMILES string of the molecule is Cc1ccc(C(=O)O/N=C2\CC3(C(=O)Nc4cccc([N+](=O)[O-])c4)CCC2(C)C3(C)C)cc1. The first-order valence-corrected chi connectivity index (χ1v) is 10.9. The molecule has 8 heteroatoms. The van der Waals surface area contributed by atoms with Crippen LogP contribution in [0.15, 0.2) is 53.7 Å². The molecule has 0 heterocycles. The number of carbonyl (C=O) groups excluding carboxylic acids is 2. The maximum atomic E-state index is 13.5. The second-order valence-electron chi connectivity index (χ2n) is 9.76. The third kappa shape index (κ3) is 3.50. The van der Waals surface area contributed by atoms with E-state index in [1.165, 1.54) is 12.1 Å². The van der Waals surface area contributed by atoms with E-state index >= 15 is 0 Å². The van der Waals surface area contributed by atoms with E-state index in [9.17, 15) is 19.7 Å². The average molecular weight is 450 g/mol. The summed E-state index contributed by atoms with van der Waals surface area (Å²) >= 11 is 0. The van der Waals surface area contributed by atoms with Gasteiger partial charge in [0.05, 0.1) is 21.6 Å². The van der Waals surface area contributed by atoms with Gasteiger partial charge in [0, 0.05) is 29.7 Å². The van der Waals surface area contributed by atoms with Crippen molar-refractivity contribution in [1.82, 2.24) is 0 Å². The second-order valence-corrected chi connectivity index (χ2v) is 9.76. The Morgan fingerprint density at radius 3 is 2.45 bits per heavy atom. The smallest absolute Gasteiger partial charge is 0.325 e. The van der Waals surface area contributed by atoms with Crippen molar-refractivity contribution >= 4 is 29.0 Å². The summed E-state index contributed by atoms with van der Waals surface area (Å²) in [6.07, 6.45) is 1.74. The number of non-ortho nitro benzene ring substituents is 1. The summed E-state index contributed by atoms with van der Waals surface area (Å²) in [5.74, 6) is -0.742. The highest BCUT2D eigenvalue weighted by Crippen LogP contribution is 2.71. The van der Waals surface area contributed by atoms with Gasteiger partial charge in [-0.25, -0.2) is 4.79 Å². The molecule has 2 bridgehead atoms. The number of oxime groups is 1. The molecule has 2 saturated carbocycles. The molecule has 0 aromatic heterocycles. The van der Waals surface area contributed by atoms with Gasteiger partial charge in [-0.3, -0.25) is 14.9 Å². The largest absolute Gasteiger partial charge is 0.365 e. The predicted octanol–water partition coefficient (Wildman–Crippen LogP) is 5.27. The van der Waals surface area contributed by atoms with Gasteiger partial charge in [0.25, 0.3) is 5.69 Å². The van der Waals surface area contributed by atoms with Gasteiger partial charge >= 0.3 is 5.97 Å². The zero-order chi connectivity index (χ0) is 24.0. The van der Waals surface area contributed by atoms with Crippen LogP contribution in [0.25, 0.3) is 0 Å². The molecule has 2 unspecified atom stereocenters. The molecule has 172 valence electrons. The van der Waals surface area contributed by atoms with E-state index < -0.39 is 27.1 Å². The Morgan fingerprint density at radius 2 is 1.79 bits per heavy atom. The maximum Gasteiger partial charge on any atom is 0.365 e. The Hall–Kier alpha value is -3.55. The summed E-state index contributed by atoms with van der Waals surface area (Å²) in [5, 5.41) is 18.2. The average Bonchev–Trinajstić information content (AvgIpc) is 3.09. The lowest BCUT2D eigenvalue weighted by Gasteiger charge is -2.39. The Balaban J connectivity index is 1.58. The number of nitrogens with one attached hydrogen (secondary N) is 1. The number of hydrogen-bond donors (Lipinski definition) is 1. The van der Waals surface area contributed by atoms with Crippen molar-refractivity contribution in [2.75, 3.05) is 5.32 Å². The first kappa shape index (κ1) is 22.6. The van der Waals surface area contributed by atoms with E-state index in [1.807, 2.05) is 32.9 Å². The number of aryl methyl sites for hydroxylation is 1. The second kappa shape index (κ2) is 7.79. The number of nitro groups is 1. The number of nitro benzene ring substituents is 1. The molecule has 2 atom stereocenters. The number of benzene rings is 2. The van der Waals surface area contributed by atoms with E-state index in [-0.39, 0.29) is 11.6 Å². The zero-order valence-electron chi connectivity index (χ0n) is 19.2. The maximum absolute atomic E-state index is 13.5. The number of fused-ring (bicyclic) bond motifs is 2. The normalized spacial score (nSPS) is 26.2. The minimum absolute atomic E-state index is 0.0856. The van der Waals surface area contributed by atoms with E-state index in [2.05, 4.69) is 17.4 Å². The highest BCUT2D eigenvalue weighted by molar-refractivity contribution is 6.06. The summed E-state index contributed by atoms with van der Waals surface area (Å²) in [6.45, 7) is 8.07. The molecule has 2 fully saturated rings. The summed E-state index contributed by atoms with van der Waals surface area (Å²) in [7, 11) is 0. The van der Waals surface area contributed by atoms with Crippen molar-refractivity contribution < 1.29 is 19.3 Å². The third-order valence-corrected chi connectivity index (χ3v) is 8.01. The van der Waals surface area contributed by atoms with Crippen molar-refractivity contribution in [3.8, 4) is 0 Å². The van der Waals surface area contributed by atoms with Crippen LogP contribution >= 0.6 is 0 Å². The molecule has 2 aliphatic carbocycles. The lowest BCUT2D eigenvalue weighted by molar-refractivity contribution is -0.384. The van der Waals surface area contributed by atoms with E-state index in [4.69, 9.17) is 4.84 Å². The van der Waals surface area contributed by atoms with Crippen LogP contribution in [-0.4, -0.2) is 22.5 Å². The van der Waals surface area contributed by atoms with Gasteiger partial charge < -0.3 is 10.2 Å². The molecule has 0 radical (unpaired) electrons. The molecule has 4 rings (SSSR count). The fraction of sp³-hybridized carbons (Fsp3) is 0.400. The van der Waals surface area contributed by atoms with Gasteiger partial charge in [0.15, 0.2) is 0 Å². The first-order valence-electron chi connectivity index (χ1n) is 10.9. The highest BCUT2D eigenvalue weighted by atomic mass is 16.7. The summed E-state index contributed by atoms with van der Waals surface area (Å²) in [6, 6.07) is 13.0. The third-order valence-electron chi connectivity index (χ3n) is 8.01. The van der Waals surface area contributed by atoms with Crippen LogP contribution in [0.1, 0.15) is 56.0 Å². The van der Waals surface area contributed by atoms with Crippen LogP contribution in [0.5, 0.6) is 0 Å². The minimum atomic E-state index is -0.762. The highest BCUT2D eigenvalue weighted by Gasteiger charge is 2.71. The van der Waals surface area contributed by atoms with Crippen molar-refractivity contribution in [1.29, 1.82) is 0 Å². The van der Waals surface area contributed by atoms with Gasteiger partial charge in [-0.2, -0.15) is 0 Å². The summed E-state index contributed by atoms with van der Waals surface area (Å²) in [5.41, 5.74) is 0.796. The van der Waals surface area contributed by atoms with Gasteiger partial charge in [0.1, 0.15) is 0 Å². The van der Waals surface area contributed by atoms with E-state index in [1.54, 1.807) is 24.3 Å². The number of anilines is 1. The summed E-state index contributed by atoms with van der Waals surface area (Å²) < 4.78 is 0. The fourth-order valence-electron chi connectivity index (χ4n) is 5.31. The fourth-order valence-corrected chi connectivity index (χ4v) is 5.31. The molecule has 8 nitrogen and oxygen atoms in total. The van der Waals surface area contributed by atoms with Crippen molar-refractivity contribution in [3.05, 3.63) is 69.8 Å². The first-order chi connectivity index (χ1) is 15.5. The molecular formula is C25H27N3O5. The Labute approximate surface area is 192 Å². The van der Waals surface area contributed by atoms with Gasteiger partial charge in [-0.1, -0.05) is 49.7 Å². The van der Waals surface area contributed by atoms with Crippen molar-refractivity contribution in [2.24, 2.45) is 21.4 Å². The van der Waals surface area contributed by atoms with Crippen molar-refractivity contribution in [3.63, 3.8) is 0 Å². The molecule has 1 N–H and O–H groups in total. The lowest BCUT2D eigenvalue weighted by atomic mass is 9.64. The van der Waals surface area contributed by atoms with Crippen molar-refractivity contribution in [2.45, 2.75) is 47.0 Å². The Bertz CT molecular complexity index is 1170. The molecule has 33 heavy (non-hydrogen) atoms. The van der Waals surface area contributed by atoms with Crippen LogP contribution in [0.2, 0.25) is 0 Å². The van der Waals surface area contributed by atoms with Gasteiger partial charge in [-0.15, -0.1) is 0 Å². The number of rotatable bonds is 5. The molecule has 2 aliphatic rings. The molecule has 0 saturated heterocycles. The predicted molar refractivity (Wildman–Crippen MR) is 124 cm³/mol. The standard InChI is InChI=1S/C25H27N3O5/c1-16-8-10-17(11-9-16)21(29)33-27-20-15-25(13-12-24(20,4)23(25,2)3)22(30)26-18-6-5-7-19(14-18)28(31)32/h5-11,14H,12-13,15H2,1-4H3,(H,26,30)/b27-20+.